The molecule has 1 fully saturated rings. The zero-order valence-corrected chi connectivity index (χ0v) is 8.03. The van der Waals surface area contributed by atoms with Gasteiger partial charge in [0.1, 0.15) is 11.5 Å². The summed E-state index contributed by atoms with van der Waals surface area (Å²) in [6.45, 7) is 3.83. The summed E-state index contributed by atoms with van der Waals surface area (Å²) in [4.78, 5) is 0. The molecule has 1 saturated carbocycles. The molecule has 12 heavy (non-hydrogen) atoms. The van der Waals surface area contributed by atoms with Gasteiger partial charge in [0.05, 0.1) is 10.6 Å². The van der Waals surface area contributed by atoms with Crippen molar-refractivity contribution < 1.29 is 4.42 Å². The van der Waals surface area contributed by atoms with Gasteiger partial charge in [-0.05, 0) is 26.7 Å². The Labute approximate surface area is 76.7 Å². The molecule has 0 amide bonds. The number of aryl methyl sites for hydroxylation is 1. The number of rotatable bonds is 1. The van der Waals surface area contributed by atoms with Gasteiger partial charge in [-0.1, -0.05) is 11.6 Å². The molecule has 1 aliphatic carbocycles. The van der Waals surface area contributed by atoms with Crippen LogP contribution in [0.15, 0.2) is 4.42 Å². The van der Waals surface area contributed by atoms with Gasteiger partial charge in [0.25, 0.3) is 0 Å². The molecule has 0 unspecified atom stereocenters. The Morgan fingerprint density at radius 1 is 1.42 bits per heavy atom. The quantitative estimate of drug-likeness (QED) is 0.730. The first kappa shape index (κ1) is 8.14. The number of hydrogen-bond acceptors (Lipinski definition) is 2. The van der Waals surface area contributed by atoms with E-state index in [0.29, 0.717) is 0 Å². The fraction of sp³-hybridized carbons (Fsp3) is 0.556. The largest absolute Gasteiger partial charge is 0.463 e. The minimum atomic E-state index is -0.206. The topological polar surface area (TPSA) is 39.2 Å². The van der Waals surface area contributed by atoms with Crippen molar-refractivity contribution in [2.24, 2.45) is 5.73 Å². The molecule has 1 aliphatic rings. The molecule has 3 heteroatoms. The van der Waals surface area contributed by atoms with Gasteiger partial charge in [0.2, 0.25) is 0 Å². The summed E-state index contributed by atoms with van der Waals surface area (Å²) in [5, 5.41) is 0.724. The molecule has 0 aromatic carbocycles. The van der Waals surface area contributed by atoms with Crippen LogP contribution in [0, 0.1) is 13.8 Å². The van der Waals surface area contributed by atoms with Crippen molar-refractivity contribution in [2.75, 3.05) is 0 Å². The lowest BCUT2D eigenvalue weighted by molar-refractivity contribution is 0.435. The van der Waals surface area contributed by atoms with Crippen molar-refractivity contribution in [3.05, 3.63) is 22.1 Å². The van der Waals surface area contributed by atoms with Gasteiger partial charge in [0.15, 0.2) is 0 Å². The Kier molecular flexibility index (Phi) is 1.54. The van der Waals surface area contributed by atoms with Crippen molar-refractivity contribution in [2.45, 2.75) is 32.2 Å². The standard InChI is InChI=1S/C9H12ClNO/c1-5-7(10)6(2)12-8(5)9(11)3-4-9/h3-4,11H2,1-2H3. The molecule has 0 aliphatic heterocycles. The highest BCUT2D eigenvalue weighted by molar-refractivity contribution is 6.32. The third-order valence-corrected chi connectivity index (χ3v) is 3.02. The minimum absolute atomic E-state index is 0.206. The lowest BCUT2D eigenvalue weighted by atomic mass is 10.1. The molecule has 0 saturated heterocycles. The van der Waals surface area contributed by atoms with Gasteiger partial charge in [0, 0.05) is 5.56 Å². The maximum Gasteiger partial charge on any atom is 0.128 e. The maximum atomic E-state index is 6.00. The van der Waals surface area contributed by atoms with Gasteiger partial charge in [-0.2, -0.15) is 0 Å². The van der Waals surface area contributed by atoms with Crippen LogP contribution in [0.5, 0.6) is 0 Å². The highest BCUT2D eigenvalue weighted by Crippen LogP contribution is 2.46. The zero-order valence-electron chi connectivity index (χ0n) is 7.28. The Morgan fingerprint density at radius 3 is 2.33 bits per heavy atom. The van der Waals surface area contributed by atoms with Gasteiger partial charge in [-0.3, -0.25) is 0 Å². The molecular weight excluding hydrogens is 174 g/mol. The number of nitrogens with two attached hydrogens (primary N) is 1. The first-order chi connectivity index (χ1) is 5.54. The Bertz CT molecular complexity index is 326. The van der Waals surface area contributed by atoms with Crippen molar-refractivity contribution in [1.82, 2.24) is 0 Å². The second-order valence-corrected chi connectivity index (χ2v) is 3.96. The van der Waals surface area contributed by atoms with E-state index in [1.807, 2.05) is 13.8 Å². The molecule has 0 radical (unpaired) electrons. The molecule has 2 N–H and O–H groups in total. The molecule has 66 valence electrons. The second-order valence-electron chi connectivity index (χ2n) is 3.58. The molecule has 1 aromatic heterocycles. The van der Waals surface area contributed by atoms with E-state index in [9.17, 15) is 0 Å². The van der Waals surface area contributed by atoms with Gasteiger partial charge < -0.3 is 10.2 Å². The summed E-state index contributed by atoms with van der Waals surface area (Å²) in [5.41, 5.74) is 6.80. The van der Waals surface area contributed by atoms with Gasteiger partial charge >= 0.3 is 0 Å². The highest BCUT2D eigenvalue weighted by atomic mass is 35.5. The van der Waals surface area contributed by atoms with E-state index in [1.54, 1.807) is 0 Å². The number of furan rings is 1. The Hall–Kier alpha value is -0.470. The van der Waals surface area contributed by atoms with Crippen LogP contribution >= 0.6 is 11.6 Å². The lowest BCUT2D eigenvalue weighted by Crippen LogP contribution is -2.18. The SMILES string of the molecule is Cc1oc(C2(N)CC2)c(C)c1Cl. The molecule has 2 nitrogen and oxygen atoms in total. The number of halogens is 1. The van der Waals surface area contributed by atoms with Crippen LogP contribution in [0.1, 0.15) is 29.9 Å². The summed E-state index contributed by atoms with van der Waals surface area (Å²) in [6.07, 6.45) is 2.02. The predicted octanol–water partition coefficient (Wildman–Crippen LogP) is 2.50. The monoisotopic (exact) mass is 185 g/mol. The van der Waals surface area contributed by atoms with Crippen LogP contribution in [0.2, 0.25) is 5.02 Å². The van der Waals surface area contributed by atoms with E-state index in [4.69, 9.17) is 21.8 Å². The first-order valence-corrected chi connectivity index (χ1v) is 4.47. The van der Waals surface area contributed by atoms with E-state index in [1.165, 1.54) is 0 Å². The Morgan fingerprint density at radius 2 is 2.00 bits per heavy atom. The van der Waals surface area contributed by atoms with E-state index in [-0.39, 0.29) is 5.54 Å². The maximum absolute atomic E-state index is 6.00. The van der Waals surface area contributed by atoms with E-state index < -0.39 is 0 Å². The molecule has 1 aromatic rings. The molecule has 2 rings (SSSR count). The minimum Gasteiger partial charge on any atom is -0.463 e. The summed E-state index contributed by atoms with van der Waals surface area (Å²) >= 11 is 5.98. The number of hydrogen-bond donors (Lipinski definition) is 1. The van der Waals surface area contributed by atoms with Crippen LogP contribution < -0.4 is 5.73 Å². The third-order valence-electron chi connectivity index (χ3n) is 2.47. The fourth-order valence-electron chi connectivity index (χ4n) is 1.47. The van der Waals surface area contributed by atoms with Crippen LogP contribution in [0.4, 0.5) is 0 Å². The van der Waals surface area contributed by atoms with E-state index in [2.05, 4.69) is 0 Å². The molecule has 0 spiro atoms. The van der Waals surface area contributed by atoms with Gasteiger partial charge in [-0.15, -0.1) is 0 Å². The molecule has 1 heterocycles. The first-order valence-electron chi connectivity index (χ1n) is 4.09. The molecule has 0 bridgehead atoms. The van der Waals surface area contributed by atoms with E-state index in [0.717, 1.165) is 34.9 Å². The van der Waals surface area contributed by atoms with Crippen LogP contribution in [-0.4, -0.2) is 0 Å². The van der Waals surface area contributed by atoms with Crippen molar-refractivity contribution in [3.63, 3.8) is 0 Å². The smallest absolute Gasteiger partial charge is 0.128 e. The van der Waals surface area contributed by atoms with E-state index >= 15 is 0 Å². The average Bonchev–Trinajstić information content (AvgIpc) is 2.71. The highest BCUT2D eigenvalue weighted by Gasteiger charge is 2.44. The summed E-state index contributed by atoms with van der Waals surface area (Å²) in [6, 6.07) is 0. The zero-order chi connectivity index (χ0) is 8.93. The summed E-state index contributed by atoms with van der Waals surface area (Å²) in [7, 11) is 0. The van der Waals surface area contributed by atoms with Crippen LogP contribution in [0.3, 0.4) is 0 Å². The lowest BCUT2D eigenvalue weighted by Gasteiger charge is -2.04. The molecular formula is C9H12ClNO. The summed E-state index contributed by atoms with van der Waals surface area (Å²) in [5.74, 6) is 1.66. The second kappa shape index (κ2) is 2.27. The van der Waals surface area contributed by atoms with Crippen molar-refractivity contribution >= 4 is 11.6 Å². The summed E-state index contributed by atoms with van der Waals surface area (Å²) < 4.78 is 5.52. The third kappa shape index (κ3) is 0.985. The van der Waals surface area contributed by atoms with Crippen LogP contribution in [-0.2, 0) is 5.54 Å². The van der Waals surface area contributed by atoms with Crippen molar-refractivity contribution in [1.29, 1.82) is 0 Å². The average molecular weight is 186 g/mol. The Balaban J connectivity index is 2.51. The normalized spacial score (nSPS) is 19.7. The predicted molar refractivity (Wildman–Crippen MR) is 48.3 cm³/mol. The molecule has 0 atom stereocenters. The fourth-order valence-corrected chi connectivity index (χ4v) is 1.60. The van der Waals surface area contributed by atoms with Crippen molar-refractivity contribution in [3.8, 4) is 0 Å². The van der Waals surface area contributed by atoms with Gasteiger partial charge in [-0.25, -0.2) is 0 Å². The van der Waals surface area contributed by atoms with Crippen LogP contribution in [0.25, 0.3) is 0 Å².